The monoisotopic (exact) mass is 729 g/mol. The molecule has 10 nitrogen and oxygen atoms in total. The van der Waals surface area contributed by atoms with Gasteiger partial charge in [-0.25, -0.2) is 4.79 Å². The summed E-state index contributed by atoms with van der Waals surface area (Å²) in [7, 11) is 0. The number of rotatable bonds is 35. The van der Waals surface area contributed by atoms with Crippen molar-refractivity contribution in [2.75, 3.05) is 106 Å². The Morgan fingerprint density at radius 2 is 0.846 bits per heavy atom. The molecule has 0 aromatic heterocycles. The van der Waals surface area contributed by atoms with E-state index in [-0.39, 0.29) is 5.92 Å². The van der Waals surface area contributed by atoms with E-state index >= 15 is 0 Å². The second-order valence-corrected chi connectivity index (χ2v) is 13.1. The predicted octanol–water partition coefficient (Wildman–Crippen LogP) is 7.95. The molecule has 0 saturated carbocycles. The number of alkyl carbamates (subject to hydrolysis) is 1. The number of hydrogen-bond acceptors (Lipinski definition) is 9. The maximum Gasteiger partial charge on any atom is 0.407 e. The largest absolute Gasteiger partial charge is 0.449 e. The van der Waals surface area contributed by atoms with E-state index in [0.717, 1.165) is 13.0 Å². The fourth-order valence-corrected chi connectivity index (χ4v) is 6.13. The molecule has 0 atom stereocenters. The molecule has 294 valence electrons. The minimum Gasteiger partial charge on any atom is -0.449 e. The van der Waals surface area contributed by atoms with Gasteiger partial charge in [-0.2, -0.15) is 0 Å². The second-order valence-electron chi connectivity index (χ2n) is 13.1. The summed E-state index contributed by atoms with van der Waals surface area (Å²) < 4.78 is 44.5. The van der Waals surface area contributed by atoms with E-state index < -0.39 is 6.09 Å². The number of hydrogen-bond donors (Lipinski definition) is 1. The van der Waals surface area contributed by atoms with Crippen LogP contribution in [-0.2, 0) is 37.9 Å². The highest BCUT2D eigenvalue weighted by Crippen LogP contribution is 2.44. The summed E-state index contributed by atoms with van der Waals surface area (Å²) in [5, 5.41) is 2.81. The number of unbranched alkanes of at least 4 members (excludes halogenated alkanes) is 9. The van der Waals surface area contributed by atoms with Crippen LogP contribution < -0.4 is 5.32 Å². The SMILES string of the molecule is CCCCCCCCCCCCOCCOCCOCCOCCOCCOCCOCCCNC(=O)OCC1c2ccccc2-c2ccccc21. The van der Waals surface area contributed by atoms with Crippen LogP contribution in [0.4, 0.5) is 4.79 Å². The van der Waals surface area contributed by atoms with Gasteiger partial charge in [0, 0.05) is 25.7 Å². The first-order valence-electron chi connectivity index (χ1n) is 19.9. The van der Waals surface area contributed by atoms with Crippen molar-refractivity contribution in [2.45, 2.75) is 83.5 Å². The average molecular weight is 730 g/mol. The van der Waals surface area contributed by atoms with Crippen molar-refractivity contribution in [3.63, 3.8) is 0 Å². The number of benzene rings is 2. The minimum atomic E-state index is -0.406. The zero-order valence-corrected chi connectivity index (χ0v) is 32.0. The molecule has 0 fully saturated rings. The molecule has 0 aliphatic heterocycles. The van der Waals surface area contributed by atoms with Crippen LogP contribution in [0.15, 0.2) is 48.5 Å². The summed E-state index contributed by atoms with van der Waals surface area (Å²) in [5.41, 5.74) is 4.83. The third kappa shape index (κ3) is 20.0. The van der Waals surface area contributed by atoms with Crippen molar-refractivity contribution in [1.82, 2.24) is 5.32 Å². The van der Waals surface area contributed by atoms with E-state index in [0.29, 0.717) is 105 Å². The fraction of sp³-hybridized carbons (Fsp3) is 0.690. The van der Waals surface area contributed by atoms with Crippen LogP contribution in [0.2, 0.25) is 0 Å². The highest BCUT2D eigenvalue weighted by Gasteiger charge is 2.28. The first kappa shape index (κ1) is 43.8. The molecule has 1 aliphatic carbocycles. The lowest BCUT2D eigenvalue weighted by Crippen LogP contribution is -2.27. The lowest BCUT2D eigenvalue weighted by atomic mass is 9.98. The highest BCUT2D eigenvalue weighted by atomic mass is 16.6. The van der Waals surface area contributed by atoms with Gasteiger partial charge in [0.2, 0.25) is 0 Å². The zero-order valence-electron chi connectivity index (χ0n) is 32.0. The molecule has 1 aliphatic rings. The Morgan fingerprint density at radius 1 is 0.481 bits per heavy atom. The Hall–Kier alpha value is -2.57. The maximum atomic E-state index is 12.3. The summed E-state index contributed by atoms with van der Waals surface area (Å²) in [6, 6.07) is 16.6. The van der Waals surface area contributed by atoms with Gasteiger partial charge in [0.1, 0.15) is 6.61 Å². The quantitative estimate of drug-likeness (QED) is 0.0709. The molecule has 52 heavy (non-hydrogen) atoms. The zero-order chi connectivity index (χ0) is 36.6. The minimum absolute atomic E-state index is 0.0571. The molecule has 0 saturated heterocycles. The molecular formula is C42H67NO9. The molecule has 3 rings (SSSR count). The molecular weight excluding hydrogens is 662 g/mol. The normalized spacial score (nSPS) is 12.2. The second kappa shape index (κ2) is 30.8. The van der Waals surface area contributed by atoms with E-state index in [1.54, 1.807) is 0 Å². The van der Waals surface area contributed by atoms with E-state index in [4.69, 9.17) is 37.9 Å². The van der Waals surface area contributed by atoms with Gasteiger partial charge in [-0.05, 0) is 35.1 Å². The van der Waals surface area contributed by atoms with Crippen LogP contribution >= 0.6 is 0 Å². The molecule has 0 unspecified atom stereocenters. The van der Waals surface area contributed by atoms with Gasteiger partial charge in [-0.3, -0.25) is 0 Å². The number of carbonyl (C=O) groups excluding carboxylic acids is 1. The summed E-state index contributed by atoms with van der Waals surface area (Å²) in [6.45, 7) is 10.9. The van der Waals surface area contributed by atoms with E-state index in [1.807, 2.05) is 24.3 Å². The molecule has 0 bridgehead atoms. The number of amides is 1. The van der Waals surface area contributed by atoms with Crippen molar-refractivity contribution in [3.8, 4) is 11.1 Å². The van der Waals surface area contributed by atoms with Crippen molar-refractivity contribution < 1.29 is 42.7 Å². The Labute approximate surface area is 313 Å². The molecule has 2 aromatic carbocycles. The summed E-state index contributed by atoms with van der Waals surface area (Å²) in [6.07, 6.45) is 13.7. The third-order valence-electron chi connectivity index (χ3n) is 8.95. The van der Waals surface area contributed by atoms with Crippen LogP contribution in [0.3, 0.4) is 0 Å². The molecule has 1 N–H and O–H groups in total. The van der Waals surface area contributed by atoms with E-state index in [2.05, 4.69) is 36.5 Å². The lowest BCUT2D eigenvalue weighted by Gasteiger charge is -2.14. The van der Waals surface area contributed by atoms with Gasteiger partial charge in [0.05, 0.1) is 79.3 Å². The van der Waals surface area contributed by atoms with Crippen molar-refractivity contribution in [3.05, 3.63) is 59.7 Å². The number of carbonyl (C=O) groups is 1. The third-order valence-corrected chi connectivity index (χ3v) is 8.95. The average Bonchev–Trinajstić information content (AvgIpc) is 3.49. The first-order valence-corrected chi connectivity index (χ1v) is 19.9. The Kier molecular flexibility index (Phi) is 26.0. The summed E-state index contributed by atoms with van der Waals surface area (Å²) >= 11 is 0. The Morgan fingerprint density at radius 3 is 1.29 bits per heavy atom. The first-order chi connectivity index (χ1) is 25.8. The van der Waals surface area contributed by atoms with Gasteiger partial charge in [-0.1, -0.05) is 113 Å². The van der Waals surface area contributed by atoms with Crippen LogP contribution in [-0.4, -0.2) is 112 Å². The van der Waals surface area contributed by atoms with Gasteiger partial charge < -0.3 is 43.2 Å². The van der Waals surface area contributed by atoms with Gasteiger partial charge in [0.25, 0.3) is 0 Å². The Balaban J connectivity index is 0.958. The molecule has 1 amide bonds. The smallest absolute Gasteiger partial charge is 0.407 e. The standard InChI is InChI=1S/C42H67NO9/c1-2-3-4-5-6-7-8-9-10-15-22-45-24-26-47-28-30-49-32-34-51-35-33-50-31-29-48-27-25-46-23-16-21-43-42(44)52-36-41-39-19-13-11-17-37(39)38-18-12-14-20-40(38)41/h11-14,17-20,41H,2-10,15-16,21-36H2,1H3,(H,43,44). The summed E-state index contributed by atoms with van der Waals surface area (Å²) in [5.74, 6) is 0.0571. The van der Waals surface area contributed by atoms with Crippen molar-refractivity contribution in [1.29, 1.82) is 0 Å². The highest BCUT2D eigenvalue weighted by molar-refractivity contribution is 5.79. The predicted molar refractivity (Wildman–Crippen MR) is 205 cm³/mol. The molecule has 2 aromatic rings. The van der Waals surface area contributed by atoms with Crippen LogP contribution in [0.25, 0.3) is 11.1 Å². The van der Waals surface area contributed by atoms with Crippen molar-refractivity contribution >= 4 is 6.09 Å². The molecule has 0 radical (unpaired) electrons. The topological polar surface area (TPSA) is 103 Å². The van der Waals surface area contributed by atoms with E-state index in [1.165, 1.54) is 80.0 Å². The van der Waals surface area contributed by atoms with Crippen LogP contribution in [0.5, 0.6) is 0 Å². The van der Waals surface area contributed by atoms with Crippen LogP contribution in [0.1, 0.15) is 94.6 Å². The maximum absolute atomic E-state index is 12.3. The number of ether oxygens (including phenoxy) is 8. The fourth-order valence-electron chi connectivity index (χ4n) is 6.13. The van der Waals surface area contributed by atoms with Crippen molar-refractivity contribution in [2.24, 2.45) is 0 Å². The van der Waals surface area contributed by atoms with Gasteiger partial charge in [-0.15, -0.1) is 0 Å². The van der Waals surface area contributed by atoms with Gasteiger partial charge >= 0.3 is 6.09 Å². The number of nitrogens with one attached hydrogen (secondary N) is 1. The summed E-state index contributed by atoms with van der Waals surface area (Å²) in [4.78, 5) is 12.3. The van der Waals surface area contributed by atoms with E-state index in [9.17, 15) is 4.79 Å². The number of fused-ring (bicyclic) bond motifs is 3. The Bertz CT molecular complexity index is 1100. The molecule has 10 heteroatoms. The molecule has 0 spiro atoms. The van der Waals surface area contributed by atoms with Gasteiger partial charge in [0.15, 0.2) is 0 Å². The van der Waals surface area contributed by atoms with Crippen LogP contribution in [0, 0.1) is 0 Å². The lowest BCUT2D eigenvalue weighted by molar-refractivity contribution is -0.0206. The molecule has 0 heterocycles.